The van der Waals surface area contributed by atoms with Crippen LogP contribution in [0.3, 0.4) is 0 Å². The molecule has 0 fully saturated rings. The highest BCUT2D eigenvalue weighted by Gasteiger charge is 2.52. The number of aromatic nitrogens is 3. The Balaban J connectivity index is 0.000000107. The van der Waals surface area contributed by atoms with Crippen LogP contribution in [0.1, 0.15) is 38.9 Å². The zero-order chi connectivity index (χ0) is 70.3. The molecule has 23 rings (SSSR count). The predicted molar refractivity (Wildman–Crippen MR) is 427 cm³/mol. The summed E-state index contributed by atoms with van der Waals surface area (Å²) in [7, 11) is 0. The highest BCUT2D eigenvalue weighted by Crippen LogP contribution is 2.64. The fraction of sp³-hybridized carbons (Fsp3) is 0.0412. The average Bonchev–Trinajstić information content (AvgIpc) is 1.50. The second kappa shape index (κ2) is 23.9. The average molecular weight is 1360 g/mol. The Morgan fingerprint density at radius 2 is 0.613 bits per heavy atom. The minimum atomic E-state index is -0.502. The molecule has 0 unspecified atom stereocenters. The van der Waals surface area contributed by atoms with Crippen molar-refractivity contribution in [3.05, 3.63) is 354 Å². The zero-order valence-corrected chi connectivity index (χ0v) is 57.8. The summed E-state index contributed by atoms with van der Waals surface area (Å²) in [5.41, 5.74) is 33.3. The second-order valence-electron chi connectivity index (χ2n) is 27.8. The van der Waals surface area contributed by atoms with Crippen LogP contribution in [0.15, 0.2) is 342 Å². The van der Waals surface area contributed by atoms with Crippen LogP contribution in [0.4, 0.5) is 0 Å². The molecule has 2 aliphatic rings. The summed E-state index contributed by atoms with van der Waals surface area (Å²) in [6.45, 7) is 6.32. The lowest BCUT2D eigenvalue weighted by Crippen LogP contribution is -2.26. The maximum atomic E-state index is 6.52. The quantitative estimate of drug-likeness (QED) is 0.160. The first-order valence-corrected chi connectivity index (χ1v) is 35.7. The van der Waals surface area contributed by atoms with E-state index in [1.807, 2.05) is 97.1 Å². The number of rotatable bonds is 6. The fourth-order valence-corrected chi connectivity index (χ4v) is 16.5. The standard InChI is InChI=1S/C44H25NO2.C27H19NO2.C26H17NO2/c1-4-15-35-29(10-1)30-11-2-5-16-36(30)44(35)37-24-26(28-13-9-14-34-33-12-3-7-18-40(33)46-42(28)34)20-22-31(37)32-23-21-27(25-38(32)44)43-45-39-17-6-8-19-41(39)47-43;1-16-7-12-24-21(13-16)22-15-17(2)14-20(26(22)29-24)18-8-10-19(11-9-18)27-28-23-5-3-4-6-25(23)30-27;1-16-6-4-8-20-21-9-5-7-19(25(21)29-24(16)20)17-12-14-18(15-13-17)26-27-22-10-2-3-11-23(22)28-26/h1-25H;3-15H,1-2H3;2-15H,1H3. The summed E-state index contributed by atoms with van der Waals surface area (Å²) in [5.74, 6) is 1.91. The third-order valence-corrected chi connectivity index (χ3v) is 21.4. The molecule has 0 bridgehead atoms. The molecular weight excluding hydrogens is 1300 g/mol. The van der Waals surface area contributed by atoms with E-state index >= 15 is 0 Å². The van der Waals surface area contributed by atoms with Gasteiger partial charge >= 0.3 is 0 Å². The minimum Gasteiger partial charge on any atom is -0.455 e. The Bertz CT molecular complexity index is 6990. The van der Waals surface area contributed by atoms with Crippen LogP contribution in [0, 0.1) is 20.8 Å². The first kappa shape index (κ1) is 60.8. The van der Waals surface area contributed by atoms with E-state index in [0.717, 1.165) is 155 Å². The summed E-state index contributed by atoms with van der Waals surface area (Å²) in [5, 5.41) is 6.90. The van der Waals surface area contributed by atoms with Crippen molar-refractivity contribution < 1.29 is 26.5 Å². The largest absolute Gasteiger partial charge is 0.455 e. The van der Waals surface area contributed by atoms with Crippen LogP contribution in [0.25, 0.3) is 189 Å². The van der Waals surface area contributed by atoms with Gasteiger partial charge in [-0.3, -0.25) is 0 Å². The molecular formula is C97H61N3O6. The number of para-hydroxylation sites is 10. The Hall–Kier alpha value is -13.9. The van der Waals surface area contributed by atoms with Gasteiger partial charge in [-0.15, -0.1) is 0 Å². The molecule has 0 N–H and O–H groups in total. The number of benzene rings is 15. The van der Waals surface area contributed by atoms with Crippen molar-refractivity contribution in [3.63, 3.8) is 0 Å². The van der Waals surface area contributed by atoms with Gasteiger partial charge in [-0.05, 0) is 202 Å². The van der Waals surface area contributed by atoms with Crippen molar-refractivity contribution >= 4 is 99.1 Å². The molecule has 0 atom stereocenters. The third kappa shape index (κ3) is 9.59. The van der Waals surface area contributed by atoms with E-state index in [9.17, 15) is 0 Å². The van der Waals surface area contributed by atoms with E-state index in [-0.39, 0.29) is 0 Å². The number of oxazole rings is 3. The molecule has 0 aliphatic heterocycles. The van der Waals surface area contributed by atoms with E-state index in [4.69, 9.17) is 31.5 Å². The Morgan fingerprint density at radius 1 is 0.217 bits per heavy atom. The summed E-state index contributed by atoms with van der Waals surface area (Å²) in [4.78, 5) is 14.1. The topological polar surface area (TPSA) is 118 Å². The molecule has 500 valence electrons. The van der Waals surface area contributed by atoms with Crippen LogP contribution in [0.2, 0.25) is 0 Å². The SMILES string of the molecule is Cc1ccc2oc3c(-c4ccc(-c5nc6ccccc6o5)cc4)cc(C)cc3c2c1.Cc1cccc2c1oc1c(-c3ccc(-c4nc5ccccc5o4)cc3)cccc12.c1ccc2c(c1)-c1ccccc1C21c2cc(-c3nc4ccccc4o3)ccc2-c2ccc(-c3cccc4c3oc3ccccc34)cc21. The summed E-state index contributed by atoms with van der Waals surface area (Å²) < 4.78 is 37.2. The number of hydrogen-bond donors (Lipinski definition) is 0. The zero-order valence-electron chi connectivity index (χ0n) is 57.8. The summed E-state index contributed by atoms with van der Waals surface area (Å²) in [6.07, 6.45) is 0. The predicted octanol–water partition coefficient (Wildman–Crippen LogP) is 26.5. The molecule has 106 heavy (non-hydrogen) atoms. The lowest BCUT2D eigenvalue weighted by molar-refractivity contribution is 0.619. The van der Waals surface area contributed by atoms with Gasteiger partial charge in [-0.1, -0.05) is 212 Å². The van der Waals surface area contributed by atoms with Crippen LogP contribution >= 0.6 is 0 Å². The molecule has 9 nitrogen and oxygen atoms in total. The number of aryl methyl sites for hydroxylation is 3. The Kier molecular flexibility index (Phi) is 13.7. The third-order valence-electron chi connectivity index (χ3n) is 21.4. The van der Waals surface area contributed by atoms with Crippen molar-refractivity contribution in [1.29, 1.82) is 0 Å². The van der Waals surface area contributed by atoms with E-state index < -0.39 is 5.41 Å². The van der Waals surface area contributed by atoms with Gasteiger partial charge in [0.05, 0.1) is 5.41 Å². The molecule has 21 aromatic rings. The molecule has 0 saturated heterocycles. The molecule has 9 heteroatoms. The second-order valence-corrected chi connectivity index (χ2v) is 27.8. The lowest BCUT2D eigenvalue weighted by atomic mass is 9.70. The monoisotopic (exact) mass is 1360 g/mol. The number of hydrogen-bond acceptors (Lipinski definition) is 9. The van der Waals surface area contributed by atoms with Crippen molar-refractivity contribution in [3.8, 4) is 90.0 Å². The van der Waals surface area contributed by atoms with E-state index in [0.29, 0.717) is 17.7 Å². The highest BCUT2D eigenvalue weighted by molar-refractivity contribution is 6.13. The van der Waals surface area contributed by atoms with Gasteiger partial charge in [0.25, 0.3) is 0 Å². The van der Waals surface area contributed by atoms with Crippen molar-refractivity contribution in [2.75, 3.05) is 0 Å². The maximum Gasteiger partial charge on any atom is 0.227 e. The van der Waals surface area contributed by atoms with Gasteiger partial charge in [-0.25, -0.2) is 15.0 Å². The van der Waals surface area contributed by atoms with Crippen molar-refractivity contribution in [1.82, 2.24) is 15.0 Å². The van der Waals surface area contributed by atoms with Gasteiger partial charge in [-0.2, -0.15) is 0 Å². The van der Waals surface area contributed by atoms with Crippen LogP contribution in [-0.4, -0.2) is 15.0 Å². The van der Waals surface area contributed by atoms with Crippen molar-refractivity contribution in [2.24, 2.45) is 0 Å². The van der Waals surface area contributed by atoms with Crippen molar-refractivity contribution in [2.45, 2.75) is 26.2 Å². The summed E-state index contributed by atoms with van der Waals surface area (Å²) in [6, 6.07) is 110. The highest BCUT2D eigenvalue weighted by atomic mass is 16.4. The van der Waals surface area contributed by atoms with E-state index in [1.165, 1.54) is 55.6 Å². The molecule has 6 heterocycles. The van der Waals surface area contributed by atoms with Crippen LogP contribution in [-0.2, 0) is 5.41 Å². The minimum absolute atomic E-state index is 0.502. The number of furan rings is 3. The molecule has 0 radical (unpaired) electrons. The lowest BCUT2D eigenvalue weighted by Gasteiger charge is -2.31. The Labute approximate surface area is 607 Å². The summed E-state index contributed by atoms with van der Waals surface area (Å²) >= 11 is 0. The molecule has 15 aromatic carbocycles. The molecule has 0 amide bonds. The Morgan fingerprint density at radius 3 is 1.21 bits per heavy atom. The first-order valence-electron chi connectivity index (χ1n) is 35.7. The molecule has 2 aliphatic carbocycles. The van der Waals surface area contributed by atoms with Gasteiger partial charge < -0.3 is 26.5 Å². The van der Waals surface area contributed by atoms with Crippen LogP contribution in [0.5, 0.6) is 0 Å². The molecule has 0 saturated carbocycles. The smallest absolute Gasteiger partial charge is 0.227 e. The fourth-order valence-electron chi connectivity index (χ4n) is 16.5. The molecule has 1 spiro atoms. The van der Waals surface area contributed by atoms with Gasteiger partial charge in [0.15, 0.2) is 16.7 Å². The number of nitrogens with zero attached hydrogens (tertiary/aromatic N) is 3. The van der Waals surface area contributed by atoms with Crippen LogP contribution < -0.4 is 0 Å². The van der Waals surface area contributed by atoms with Gasteiger partial charge in [0, 0.05) is 65.7 Å². The van der Waals surface area contributed by atoms with E-state index in [2.05, 4.69) is 249 Å². The van der Waals surface area contributed by atoms with Gasteiger partial charge in [0.1, 0.15) is 50.0 Å². The first-order chi connectivity index (χ1) is 52.2. The van der Waals surface area contributed by atoms with Gasteiger partial charge in [0.2, 0.25) is 17.7 Å². The molecule has 6 aromatic heterocycles. The maximum absolute atomic E-state index is 6.52. The number of fused-ring (bicyclic) bond motifs is 22. The van der Waals surface area contributed by atoms with E-state index in [1.54, 1.807) is 0 Å². The normalized spacial score (nSPS) is 12.6.